The summed E-state index contributed by atoms with van der Waals surface area (Å²) in [6.07, 6.45) is 1.81. The lowest BCUT2D eigenvalue weighted by Gasteiger charge is -2.25. The molecular formula is C20H31IN6O4. The number of nitrogens with zero attached hydrogens (tertiary/aromatic N) is 4. The highest BCUT2D eigenvalue weighted by Gasteiger charge is 2.22. The highest BCUT2D eigenvalue weighted by atomic mass is 127. The number of aromatic nitrogens is 3. The van der Waals surface area contributed by atoms with Gasteiger partial charge in [0.2, 0.25) is 5.75 Å². The van der Waals surface area contributed by atoms with Crippen LogP contribution in [0.15, 0.2) is 17.1 Å². The Morgan fingerprint density at radius 3 is 2.45 bits per heavy atom. The number of hydrogen-bond acceptors (Lipinski definition) is 7. The highest BCUT2D eigenvalue weighted by Crippen LogP contribution is 2.38. The molecule has 1 aromatic carbocycles. The number of fused-ring (bicyclic) bond motifs is 1. The molecule has 1 unspecified atom stereocenters. The SMILES string of the molecule is CN=C(NCc1cc(OC)c(OC)c(OC)c1)NC1CCc2nc(COC)nn2C1.I. The standard InChI is InChI=1S/C20H30N6O4.HI/c1-21-20(22-10-13-8-15(28-3)19(30-5)16(9-13)29-4)23-14-6-7-18-24-17(12-27-2)25-26(18)11-14;/h8-9,14H,6-7,10-12H2,1-5H3,(H2,21,22,23);1H. The number of methoxy groups -OCH3 is 4. The smallest absolute Gasteiger partial charge is 0.203 e. The summed E-state index contributed by atoms with van der Waals surface area (Å²) in [7, 11) is 8.20. The summed E-state index contributed by atoms with van der Waals surface area (Å²) in [4.78, 5) is 8.86. The van der Waals surface area contributed by atoms with Crippen molar-refractivity contribution in [2.45, 2.75) is 38.6 Å². The lowest BCUT2D eigenvalue weighted by molar-refractivity contribution is 0.177. The fourth-order valence-electron chi connectivity index (χ4n) is 3.48. The minimum Gasteiger partial charge on any atom is -0.493 e. The Balaban J connectivity index is 0.00000341. The first-order valence-corrected chi connectivity index (χ1v) is 9.79. The zero-order chi connectivity index (χ0) is 21.5. The van der Waals surface area contributed by atoms with Crippen LogP contribution in [0.1, 0.15) is 23.6 Å². The van der Waals surface area contributed by atoms with Gasteiger partial charge in [-0.15, -0.1) is 24.0 Å². The third kappa shape index (κ3) is 6.12. The normalized spacial score (nSPS) is 15.5. The van der Waals surface area contributed by atoms with Crippen molar-refractivity contribution in [2.75, 3.05) is 35.5 Å². The van der Waals surface area contributed by atoms with Crippen LogP contribution in [0.3, 0.4) is 0 Å². The van der Waals surface area contributed by atoms with E-state index in [1.807, 2.05) is 16.8 Å². The minimum atomic E-state index is 0. The summed E-state index contributed by atoms with van der Waals surface area (Å²) in [5.74, 6) is 4.25. The first kappa shape index (κ1) is 25.0. The Labute approximate surface area is 199 Å². The molecule has 1 aliphatic heterocycles. The first-order valence-electron chi connectivity index (χ1n) is 9.79. The van der Waals surface area contributed by atoms with Gasteiger partial charge in [-0.3, -0.25) is 4.99 Å². The van der Waals surface area contributed by atoms with Gasteiger partial charge >= 0.3 is 0 Å². The van der Waals surface area contributed by atoms with Gasteiger partial charge in [-0.05, 0) is 24.1 Å². The van der Waals surface area contributed by atoms with Gasteiger partial charge in [-0.1, -0.05) is 0 Å². The van der Waals surface area contributed by atoms with Crippen LogP contribution >= 0.6 is 24.0 Å². The fourth-order valence-corrected chi connectivity index (χ4v) is 3.48. The number of halogens is 1. The fraction of sp³-hybridized carbons (Fsp3) is 0.550. The molecule has 2 aromatic rings. The number of rotatable bonds is 8. The second-order valence-electron chi connectivity index (χ2n) is 6.90. The summed E-state index contributed by atoms with van der Waals surface area (Å²) >= 11 is 0. The molecule has 11 heteroatoms. The largest absolute Gasteiger partial charge is 0.493 e. The summed E-state index contributed by atoms with van der Waals surface area (Å²) in [5.41, 5.74) is 0.985. The summed E-state index contributed by atoms with van der Waals surface area (Å²) < 4.78 is 23.3. The van der Waals surface area contributed by atoms with Crippen LogP contribution in [-0.4, -0.2) is 62.3 Å². The van der Waals surface area contributed by atoms with E-state index in [9.17, 15) is 0 Å². The molecule has 1 aromatic heterocycles. The molecule has 2 heterocycles. The average Bonchev–Trinajstić information content (AvgIpc) is 3.17. The van der Waals surface area contributed by atoms with Crippen molar-refractivity contribution in [3.05, 3.63) is 29.3 Å². The summed E-state index contributed by atoms with van der Waals surface area (Å²) in [6, 6.07) is 4.04. The maximum atomic E-state index is 5.42. The Bertz CT molecular complexity index is 864. The molecule has 0 spiro atoms. The van der Waals surface area contributed by atoms with E-state index in [2.05, 4.69) is 25.7 Å². The van der Waals surface area contributed by atoms with Crippen molar-refractivity contribution in [1.82, 2.24) is 25.4 Å². The van der Waals surface area contributed by atoms with Gasteiger partial charge < -0.3 is 29.6 Å². The van der Waals surface area contributed by atoms with Crippen molar-refractivity contribution < 1.29 is 18.9 Å². The molecule has 10 nitrogen and oxygen atoms in total. The van der Waals surface area contributed by atoms with Crippen LogP contribution < -0.4 is 24.8 Å². The van der Waals surface area contributed by atoms with Gasteiger partial charge in [0.15, 0.2) is 23.3 Å². The van der Waals surface area contributed by atoms with Gasteiger partial charge in [0.1, 0.15) is 12.4 Å². The Morgan fingerprint density at radius 2 is 1.87 bits per heavy atom. The molecule has 0 saturated heterocycles. The molecule has 0 fully saturated rings. The number of guanidine groups is 1. The predicted molar refractivity (Wildman–Crippen MR) is 128 cm³/mol. The van der Waals surface area contributed by atoms with Gasteiger partial charge in [-0.25, -0.2) is 9.67 Å². The van der Waals surface area contributed by atoms with E-state index in [-0.39, 0.29) is 30.0 Å². The van der Waals surface area contributed by atoms with Gasteiger partial charge in [0.05, 0.1) is 27.9 Å². The zero-order valence-corrected chi connectivity index (χ0v) is 20.9. The second kappa shape index (κ2) is 11.9. The number of hydrogen-bond donors (Lipinski definition) is 2. The lowest BCUT2D eigenvalue weighted by Crippen LogP contribution is -2.46. The molecule has 172 valence electrons. The predicted octanol–water partition coefficient (Wildman–Crippen LogP) is 1.75. The van der Waals surface area contributed by atoms with E-state index in [0.29, 0.717) is 30.4 Å². The van der Waals surface area contributed by atoms with E-state index in [1.165, 1.54) is 0 Å². The highest BCUT2D eigenvalue weighted by molar-refractivity contribution is 14.0. The van der Waals surface area contributed by atoms with Gasteiger partial charge in [0, 0.05) is 33.2 Å². The molecule has 0 aliphatic carbocycles. The van der Waals surface area contributed by atoms with Gasteiger partial charge in [0.25, 0.3) is 0 Å². The third-order valence-corrected chi connectivity index (χ3v) is 4.92. The molecule has 1 aliphatic rings. The molecular weight excluding hydrogens is 515 g/mol. The van der Waals surface area contributed by atoms with Crippen molar-refractivity contribution in [2.24, 2.45) is 4.99 Å². The minimum absolute atomic E-state index is 0. The van der Waals surface area contributed by atoms with Crippen LogP contribution in [0.2, 0.25) is 0 Å². The Kier molecular flexibility index (Phi) is 9.62. The van der Waals surface area contributed by atoms with Crippen LogP contribution in [0.5, 0.6) is 17.2 Å². The van der Waals surface area contributed by atoms with Crippen LogP contribution in [0.25, 0.3) is 0 Å². The van der Waals surface area contributed by atoms with E-state index in [4.69, 9.17) is 18.9 Å². The topological polar surface area (TPSA) is 104 Å². The van der Waals surface area contributed by atoms with E-state index < -0.39 is 0 Å². The maximum absolute atomic E-state index is 5.42. The van der Waals surface area contributed by atoms with Crippen molar-refractivity contribution in [1.29, 1.82) is 0 Å². The third-order valence-electron chi connectivity index (χ3n) is 4.92. The molecule has 0 radical (unpaired) electrons. The van der Waals surface area contributed by atoms with Crippen molar-refractivity contribution in [3.63, 3.8) is 0 Å². The maximum Gasteiger partial charge on any atom is 0.203 e. The lowest BCUT2D eigenvalue weighted by atomic mass is 10.1. The summed E-state index contributed by atoms with van der Waals surface area (Å²) in [6.45, 7) is 1.71. The first-order chi connectivity index (χ1) is 14.6. The zero-order valence-electron chi connectivity index (χ0n) is 18.6. The number of ether oxygens (including phenoxy) is 4. The molecule has 0 amide bonds. The van der Waals surface area contributed by atoms with Crippen LogP contribution in [0, 0.1) is 0 Å². The molecule has 1 atom stereocenters. The number of nitrogens with one attached hydrogen (secondary N) is 2. The monoisotopic (exact) mass is 546 g/mol. The number of aliphatic imine (C=N–C) groups is 1. The summed E-state index contributed by atoms with van der Waals surface area (Å²) in [5, 5.41) is 11.3. The van der Waals surface area contributed by atoms with Crippen molar-refractivity contribution >= 4 is 29.9 Å². The Morgan fingerprint density at radius 1 is 1.16 bits per heavy atom. The van der Waals surface area contributed by atoms with Crippen LogP contribution in [0.4, 0.5) is 0 Å². The average molecular weight is 546 g/mol. The number of aryl methyl sites for hydroxylation is 1. The molecule has 3 rings (SSSR count). The Hall–Kier alpha value is -2.28. The second-order valence-corrected chi connectivity index (χ2v) is 6.90. The quantitative estimate of drug-likeness (QED) is 0.293. The molecule has 2 N–H and O–H groups in total. The number of benzene rings is 1. The molecule has 0 saturated carbocycles. The van der Waals surface area contributed by atoms with Crippen molar-refractivity contribution in [3.8, 4) is 17.2 Å². The van der Waals surface area contributed by atoms with E-state index in [1.54, 1.807) is 35.5 Å². The van der Waals surface area contributed by atoms with Gasteiger partial charge in [-0.2, -0.15) is 5.10 Å². The molecule has 0 bridgehead atoms. The molecule has 31 heavy (non-hydrogen) atoms. The van der Waals surface area contributed by atoms with Crippen LogP contribution in [-0.2, 0) is 30.9 Å². The van der Waals surface area contributed by atoms with E-state index in [0.717, 1.165) is 42.6 Å². The van der Waals surface area contributed by atoms with E-state index >= 15 is 0 Å².